The second-order valence-electron chi connectivity index (χ2n) is 6.66. The lowest BCUT2D eigenvalue weighted by atomic mass is 9.97. The zero-order valence-corrected chi connectivity index (χ0v) is 14.9. The van der Waals surface area contributed by atoms with E-state index in [1.165, 1.54) is 4.90 Å². The zero-order valence-electron chi connectivity index (χ0n) is 14.9. The third kappa shape index (κ3) is 5.43. The van der Waals surface area contributed by atoms with Crippen molar-refractivity contribution in [2.75, 3.05) is 38.5 Å². The summed E-state index contributed by atoms with van der Waals surface area (Å²) in [6.45, 7) is 0.576. The second kappa shape index (κ2) is 8.85. The Kier molecular flexibility index (Phi) is 6.78. The van der Waals surface area contributed by atoms with Gasteiger partial charge in [-0.3, -0.25) is 14.4 Å². The number of hydrogen-bond acceptors (Lipinski definition) is 3. The van der Waals surface area contributed by atoms with Crippen LogP contribution in [0.25, 0.3) is 0 Å². The summed E-state index contributed by atoms with van der Waals surface area (Å²) in [5.74, 6) is -6.21. The van der Waals surface area contributed by atoms with Crippen LogP contribution in [-0.4, -0.2) is 55.8 Å². The van der Waals surface area contributed by atoms with Crippen molar-refractivity contribution in [3.63, 3.8) is 0 Å². The molecule has 1 aliphatic heterocycles. The minimum atomic E-state index is -1.67. The lowest BCUT2D eigenvalue weighted by molar-refractivity contribution is -0.862. The molecule has 1 fully saturated rings. The number of carbonyl (C=O) groups excluding carboxylic acids is 3. The summed E-state index contributed by atoms with van der Waals surface area (Å²) < 4.78 is 39.7. The number of quaternary nitrogens is 1. The molecule has 27 heavy (non-hydrogen) atoms. The van der Waals surface area contributed by atoms with Crippen molar-refractivity contribution in [2.45, 2.75) is 12.8 Å². The smallest absolute Gasteiger partial charge is 0.279 e. The molecule has 10 heteroatoms. The molecule has 0 aliphatic carbocycles. The number of likely N-dealkylation sites (tertiary alicyclic amines) is 1. The van der Waals surface area contributed by atoms with Gasteiger partial charge < -0.3 is 20.9 Å². The molecule has 0 bridgehead atoms. The van der Waals surface area contributed by atoms with Crippen LogP contribution in [0.15, 0.2) is 12.1 Å². The lowest BCUT2D eigenvalue weighted by Gasteiger charge is -2.31. The molecule has 1 unspecified atom stereocenters. The third-order valence-corrected chi connectivity index (χ3v) is 4.40. The molecular weight excluding hydrogens is 365 g/mol. The van der Waals surface area contributed by atoms with Crippen molar-refractivity contribution < 1.29 is 32.5 Å². The van der Waals surface area contributed by atoms with E-state index in [1.54, 1.807) is 7.05 Å². The average Bonchev–Trinajstić information content (AvgIpc) is 2.62. The molecule has 7 nitrogen and oxygen atoms in total. The summed E-state index contributed by atoms with van der Waals surface area (Å²) in [6, 6.07) is 1.63. The van der Waals surface area contributed by atoms with E-state index in [9.17, 15) is 27.6 Å². The van der Waals surface area contributed by atoms with Gasteiger partial charge in [0.1, 0.15) is 0 Å². The molecule has 4 N–H and O–H groups in total. The van der Waals surface area contributed by atoms with Crippen molar-refractivity contribution in [3.8, 4) is 0 Å². The number of benzene rings is 1. The maximum atomic E-state index is 13.6. The van der Waals surface area contributed by atoms with E-state index in [0.29, 0.717) is 30.4 Å². The van der Waals surface area contributed by atoms with Crippen molar-refractivity contribution >= 4 is 23.4 Å². The topological polar surface area (TPSA) is 96.9 Å². The molecule has 2 atom stereocenters. The van der Waals surface area contributed by atoms with Crippen LogP contribution < -0.4 is 16.0 Å². The first-order valence-electron chi connectivity index (χ1n) is 8.50. The molecule has 3 amide bonds. The van der Waals surface area contributed by atoms with Crippen LogP contribution in [0.4, 0.5) is 18.9 Å². The van der Waals surface area contributed by atoms with Gasteiger partial charge in [0, 0.05) is 13.1 Å². The maximum absolute atomic E-state index is 13.6. The molecule has 0 spiro atoms. The van der Waals surface area contributed by atoms with E-state index < -0.39 is 35.0 Å². The number of primary amides is 1. The summed E-state index contributed by atoms with van der Waals surface area (Å²) in [4.78, 5) is 37.6. The van der Waals surface area contributed by atoms with E-state index in [-0.39, 0.29) is 31.5 Å². The van der Waals surface area contributed by atoms with Crippen molar-refractivity contribution in [1.29, 1.82) is 0 Å². The van der Waals surface area contributed by atoms with Crippen LogP contribution in [-0.2, 0) is 14.4 Å². The highest BCUT2D eigenvalue weighted by atomic mass is 19.2. The standard InChI is InChI=1S/C17H21F3N4O3/c1-23(9-14(26)24-6-2-3-10(7-24)17(21)27)8-13(25)22-12-5-4-11(18)15(19)16(12)20/h4-5,10H,2-3,6-9H2,1H3,(H2,21,27)(H,22,25)/p+1/t10-/m0/s1. The summed E-state index contributed by atoms with van der Waals surface area (Å²) >= 11 is 0. The van der Waals surface area contributed by atoms with Gasteiger partial charge in [0.05, 0.1) is 18.7 Å². The Morgan fingerprint density at radius 2 is 1.93 bits per heavy atom. The van der Waals surface area contributed by atoms with Crippen LogP contribution in [0.5, 0.6) is 0 Å². The number of rotatable bonds is 6. The number of piperidine rings is 1. The summed E-state index contributed by atoms with van der Waals surface area (Å²) in [5, 5.41) is 2.16. The number of hydrogen-bond donors (Lipinski definition) is 3. The minimum Gasteiger partial charge on any atom is -0.369 e. The molecule has 0 radical (unpaired) electrons. The quantitative estimate of drug-likeness (QED) is 0.562. The van der Waals surface area contributed by atoms with Crippen molar-refractivity contribution in [1.82, 2.24) is 4.90 Å². The van der Waals surface area contributed by atoms with Gasteiger partial charge in [0.25, 0.3) is 11.8 Å². The predicted molar refractivity (Wildman–Crippen MR) is 90.1 cm³/mol. The van der Waals surface area contributed by atoms with Crippen LogP contribution >= 0.6 is 0 Å². The first-order chi connectivity index (χ1) is 12.7. The number of halogens is 3. The van der Waals surface area contributed by atoms with Gasteiger partial charge in [-0.25, -0.2) is 13.2 Å². The molecule has 1 aromatic carbocycles. The Labute approximate surface area is 154 Å². The molecule has 2 rings (SSSR count). The second-order valence-corrected chi connectivity index (χ2v) is 6.66. The monoisotopic (exact) mass is 387 g/mol. The molecule has 148 valence electrons. The Balaban J connectivity index is 1.87. The van der Waals surface area contributed by atoms with E-state index in [1.807, 2.05) is 0 Å². The summed E-state index contributed by atoms with van der Waals surface area (Å²) in [7, 11) is 1.59. The summed E-state index contributed by atoms with van der Waals surface area (Å²) in [6.07, 6.45) is 1.32. The maximum Gasteiger partial charge on any atom is 0.279 e. The van der Waals surface area contributed by atoms with E-state index in [4.69, 9.17) is 5.73 Å². The lowest BCUT2D eigenvalue weighted by Crippen LogP contribution is -3.11. The number of carbonyl (C=O) groups is 3. The number of nitrogens with zero attached hydrogens (tertiary/aromatic N) is 1. The number of nitrogens with two attached hydrogens (primary N) is 1. The zero-order chi connectivity index (χ0) is 20.1. The molecule has 0 saturated carbocycles. The molecule has 0 aromatic heterocycles. The predicted octanol–water partition coefficient (Wildman–Crippen LogP) is -0.719. The van der Waals surface area contributed by atoms with Crippen molar-refractivity contribution in [2.24, 2.45) is 11.7 Å². The number of amides is 3. The Morgan fingerprint density at radius 3 is 2.59 bits per heavy atom. The van der Waals surface area contributed by atoms with Gasteiger partial charge in [-0.15, -0.1) is 0 Å². The largest absolute Gasteiger partial charge is 0.369 e. The summed E-state index contributed by atoms with van der Waals surface area (Å²) in [5.41, 5.74) is 4.81. The van der Waals surface area contributed by atoms with Crippen molar-refractivity contribution in [3.05, 3.63) is 29.6 Å². The van der Waals surface area contributed by atoms with Gasteiger partial charge in [0.15, 0.2) is 30.5 Å². The van der Waals surface area contributed by atoms with Gasteiger partial charge in [0.2, 0.25) is 5.91 Å². The van der Waals surface area contributed by atoms with E-state index in [0.717, 1.165) is 6.07 Å². The highest BCUT2D eigenvalue weighted by molar-refractivity contribution is 5.91. The third-order valence-electron chi connectivity index (χ3n) is 4.40. The first-order valence-corrected chi connectivity index (χ1v) is 8.50. The molecule has 1 aliphatic rings. The van der Waals surface area contributed by atoms with Gasteiger partial charge in [-0.1, -0.05) is 0 Å². The van der Waals surface area contributed by atoms with Crippen LogP contribution in [0.2, 0.25) is 0 Å². The highest BCUT2D eigenvalue weighted by Crippen LogP contribution is 2.19. The minimum absolute atomic E-state index is 0.0147. The molecule has 1 heterocycles. The number of nitrogens with one attached hydrogen (secondary N) is 2. The Morgan fingerprint density at radius 1 is 1.22 bits per heavy atom. The normalized spacial score (nSPS) is 18.1. The Bertz CT molecular complexity index is 744. The van der Waals surface area contributed by atoms with Crippen LogP contribution in [0.3, 0.4) is 0 Å². The molecule has 1 saturated heterocycles. The van der Waals surface area contributed by atoms with Gasteiger partial charge in [-0.2, -0.15) is 0 Å². The van der Waals surface area contributed by atoms with Crippen LogP contribution in [0.1, 0.15) is 12.8 Å². The SMILES string of the molecule is C[NH+](CC(=O)Nc1ccc(F)c(F)c1F)CC(=O)N1CCC[C@H](C(N)=O)C1. The number of anilines is 1. The Hall–Kier alpha value is -2.62. The number of likely N-dealkylation sites (N-methyl/N-ethyl adjacent to an activating group) is 1. The molecular formula is C17H22F3N4O3+. The van der Waals surface area contributed by atoms with Gasteiger partial charge >= 0.3 is 0 Å². The van der Waals surface area contributed by atoms with Gasteiger partial charge in [-0.05, 0) is 25.0 Å². The molecule has 1 aromatic rings. The highest BCUT2D eigenvalue weighted by Gasteiger charge is 2.28. The van der Waals surface area contributed by atoms with E-state index in [2.05, 4.69) is 5.32 Å². The van der Waals surface area contributed by atoms with E-state index >= 15 is 0 Å². The first kappa shape index (κ1) is 20.7. The fraction of sp³-hybridized carbons (Fsp3) is 0.471. The fourth-order valence-electron chi connectivity index (χ4n) is 2.96. The fourth-order valence-corrected chi connectivity index (χ4v) is 2.96. The van der Waals surface area contributed by atoms with Crippen LogP contribution in [0, 0.1) is 23.4 Å². The average molecular weight is 387 g/mol.